The summed E-state index contributed by atoms with van der Waals surface area (Å²) in [6.07, 6.45) is 5.52. The molecule has 0 spiro atoms. The number of carboxylic acid groups (broad SMARTS) is 1. The van der Waals surface area contributed by atoms with Crippen LogP contribution >= 0.6 is 0 Å². The number of carboxylic acids is 1. The van der Waals surface area contributed by atoms with Gasteiger partial charge in [0.05, 0.1) is 18.1 Å². The van der Waals surface area contributed by atoms with Crippen LogP contribution in [0.2, 0.25) is 0 Å². The summed E-state index contributed by atoms with van der Waals surface area (Å²) < 4.78 is 1.74. The number of aryl methyl sites for hydroxylation is 1. The van der Waals surface area contributed by atoms with Crippen molar-refractivity contribution in [3.63, 3.8) is 0 Å². The van der Waals surface area contributed by atoms with Gasteiger partial charge in [-0.2, -0.15) is 5.10 Å². The van der Waals surface area contributed by atoms with E-state index in [1.165, 1.54) is 0 Å². The standard InChI is InChI=1S/C15H13N3O2/c1-18-9-13(8-17-18)12-6-11-4-10(5-15(19)20)2-3-14(11)16-7-12/h2-4,6-9H,5H2,1H3,(H,19,20). The zero-order valence-electron chi connectivity index (χ0n) is 10.9. The van der Waals surface area contributed by atoms with Crippen LogP contribution in [-0.2, 0) is 18.3 Å². The van der Waals surface area contributed by atoms with Crippen LogP contribution in [0.15, 0.2) is 42.9 Å². The summed E-state index contributed by atoms with van der Waals surface area (Å²) in [5.41, 5.74) is 3.59. The summed E-state index contributed by atoms with van der Waals surface area (Å²) in [7, 11) is 1.86. The summed E-state index contributed by atoms with van der Waals surface area (Å²) in [6, 6.07) is 7.52. The second kappa shape index (κ2) is 4.77. The molecule has 0 atom stereocenters. The highest BCUT2D eigenvalue weighted by atomic mass is 16.4. The lowest BCUT2D eigenvalue weighted by atomic mass is 10.1. The van der Waals surface area contributed by atoms with E-state index in [-0.39, 0.29) is 6.42 Å². The minimum Gasteiger partial charge on any atom is -0.481 e. The van der Waals surface area contributed by atoms with Crippen LogP contribution < -0.4 is 0 Å². The van der Waals surface area contributed by atoms with Gasteiger partial charge in [-0.1, -0.05) is 6.07 Å². The second-order valence-corrected chi connectivity index (χ2v) is 4.72. The normalized spacial score (nSPS) is 10.8. The zero-order chi connectivity index (χ0) is 14.1. The van der Waals surface area contributed by atoms with Crippen molar-refractivity contribution in [3.8, 4) is 11.1 Å². The van der Waals surface area contributed by atoms with Gasteiger partial charge in [0.25, 0.3) is 0 Å². The van der Waals surface area contributed by atoms with E-state index in [2.05, 4.69) is 10.1 Å². The summed E-state index contributed by atoms with van der Waals surface area (Å²) >= 11 is 0. The van der Waals surface area contributed by atoms with E-state index in [9.17, 15) is 4.79 Å². The van der Waals surface area contributed by atoms with Gasteiger partial charge in [-0.25, -0.2) is 0 Å². The number of benzene rings is 1. The number of pyridine rings is 1. The van der Waals surface area contributed by atoms with Crippen LogP contribution in [0.4, 0.5) is 0 Å². The van der Waals surface area contributed by atoms with Crippen molar-refractivity contribution in [1.29, 1.82) is 0 Å². The van der Waals surface area contributed by atoms with Crippen LogP contribution in [0, 0.1) is 0 Å². The molecule has 0 unspecified atom stereocenters. The van der Waals surface area contributed by atoms with Crippen molar-refractivity contribution in [3.05, 3.63) is 48.4 Å². The van der Waals surface area contributed by atoms with Gasteiger partial charge in [-0.3, -0.25) is 14.5 Å². The predicted molar refractivity (Wildman–Crippen MR) is 75.3 cm³/mol. The first kappa shape index (κ1) is 12.3. The van der Waals surface area contributed by atoms with E-state index < -0.39 is 5.97 Å². The number of aromatic nitrogens is 3. The molecule has 1 N–H and O–H groups in total. The Labute approximate surface area is 115 Å². The van der Waals surface area contributed by atoms with E-state index in [4.69, 9.17) is 5.11 Å². The Morgan fingerprint density at radius 1 is 1.25 bits per heavy atom. The molecule has 0 radical (unpaired) electrons. The fourth-order valence-corrected chi connectivity index (χ4v) is 2.19. The Bertz CT molecular complexity index is 793. The first-order valence-corrected chi connectivity index (χ1v) is 6.21. The average Bonchev–Trinajstić information content (AvgIpc) is 2.84. The molecule has 0 aliphatic carbocycles. The van der Waals surface area contributed by atoms with Gasteiger partial charge >= 0.3 is 5.97 Å². The third-order valence-corrected chi connectivity index (χ3v) is 3.14. The van der Waals surface area contributed by atoms with Crippen molar-refractivity contribution in [1.82, 2.24) is 14.8 Å². The maximum absolute atomic E-state index is 10.8. The molecular formula is C15H13N3O2. The molecule has 20 heavy (non-hydrogen) atoms. The predicted octanol–water partition coefficient (Wildman–Crippen LogP) is 2.26. The van der Waals surface area contributed by atoms with Crippen molar-refractivity contribution in [2.75, 3.05) is 0 Å². The highest BCUT2D eigenvalue weighted by molar-refractivity contribution is 5.84. The molecule has 3 aromatic rings. The SMILES string of the molecule is Cn1cc(-c2cnc3ccc(CC(=O)O)cc3c2)cn1. The largest absolute Gasteiger partial charge is 0.481 e. The van der Waals surface area contributed by atoms with Gasteiger partial charge in [0.15, 0.2) is 0 Å². The highest BCUT2D eigenvalue weighted by Crippen LogP contribution is 2.23. The molecule has 0 amide bonds. The van der Waals surface area contributed by atoms with Crippen LogP contribution in [0.1, 0.15) is 5.56 Å². The smallest absolute Gasteiger partial charge is 0.307 e. The van der Waals surface area contributed by atoms with Crippen LogP contribution in [0.3, 0.4) is 0 Å². The number of nitrogens with zero attached hydrogens (tertiary/aromatic N) is 3. The van der Waals surface area contributed by atoms with Gasteiger partial charge < -0.3 is 5.11 Å². The fraction of sp³-hybridized carbons (Fsp3) is 0.133. The van der Waals surface area contributed by atoms with Gasteiger partial charge in [-0.05, 0) is 23.8 Å². The molecule has 5 heteroatoms. The van der Waals surface area contributed by atoms with Crippen molar-refractivity contribution in [2.24, 2.45) is 7.05 Å². The first-order valence-electron chi connectivity index (χ1n) is 6.21. The quantitative estimate of drug-likeness (QED) is 0.790. The molecule has 2 heterocycles. The Morgan fingerprint density at radius 2 is 2.10 bits per heavy atom. The fourth-order valence-electron chi connectivity index (χ4n) is 2.19. The molecule has 0 saturated carbocycles. The molecule has 100 valence electrons. The lowest BCUT2D eigenvalue weighted by Gasteiger charge is -2.03. The molecule has 5 nitrogen and oxygen atoms in total. The summed E-state index contributed by atoms with van der Waals surface area (Å²) in [5.74, 6) is -0.833. The zero-order valence-corrected chi connectivity index (χ0v) is 10.9. The minimum absolute atomic E-state index is 0.0209. The van der Waals surface area contributed by atoms with E-state index in [0.717, 1.165) is 27.6 Å². The summed E-state index contributed by atoms with van der Waals surface area (Å²) in [4.78, 5) is 15.2. The molecule has 1 aromatic carbocycles. The molecule has 0 fully saturated rings. The number of aliphatic carboxylic acids is 1. The van der Waals surface area contributed by atoms with Gasteiger partial charge in [0.1, 0.15) is 0 Å². The van der Waals surface area contributed by atoms with E-state index in [0.29, 0.717) is 0 Å². The number of hydrogen-bond donors (Lipinski definition) is 1. The van der Waals surface area contributed by atoms with Crippen LogP contribution in [0.25, 0.3) is 22.0 Å². The van der Waals surface area contributed by atoms with E-state index >= 15 is 0 Å². The van der Waals surface area contributed by atoms with Gasteiger partial charge in [0.2, 0.25) is 0 Å². The average molecular weight is 267 g/mol. The molecule has 2 aromatic heterocycles. The Balaban J connectivity index is 2.06. The second-order valence-electron chi connectivity index (χ2n) is 4.72. The maximum atomic E-state index is 10.8. The maximum Gasteiger partial charge on any atom is 0.307 e. The Kier molecular flexibility index (Phi) is 2.95. The number of carbonyl (C=O) groups is 1. The lowest BCUT2D eigenvalue weighted by Crippen LogP contribution is -1.99. The molecule has 0 bridgehead atoms. The molecular weight excluding hydrogens is 254 g/mol. The third kappa shape index (κ3) is 2.38. The topological polar surface area (TPSA) is 68.0 Å². The number of rotatable bonds is 3. The minimum atomic E-state index is -0.833. The third-order valence-electron chi connectivity index (χ3n) is 3.14. The van der Waals surface area contributed by atoms with Gasteiger partial charge in [0, 0.05) is 36.0 Å². The lowest BCUT2D eigenvalue weighted by molar-refractivity contribution is -0.136. The number of fused-ring (bicyclic) bond motifs is 1. The molecule has 0 aliphatic heterocycles. The molecule has 0 aliphatic rings. The van der Waals surface area contributed by atoms with E-state index in [1.54, 1.807) is 23.1 Å². The Morgan fingerprint density at radius 3 is 2.80 bits per heavy atom. The van der Waals surface area contributed by atoms with E-state index in [1.807, 2.05) is 31.4 Å². The van der Waals surface area contributed by atoms with Crippen molar-refractivity contribution >= 4 is 16.9 Å². The van der Waals surface area contributed by atoms with Gasteiger partial charge in [-0.15, -0.1) is 0 Å². The summed E-state index contributed by atoms with van der Waals surface area (Å²) in [6.45, 7) is 0. The first-order chi connectivity index (χ1) is 9.61. The van der Waals surface area contributed by atoms with Crippen LogP contribution in [0.5, 0.6) is 0 Å². The number of hydrogen-bond acceptors (Lipinski definition) is 3. The Hall–Kier alpha value is -2.69. The van der Waals surface area contributed by atoms with Crippen molar-refractivity contribution < 1.29 is 9.90 Å². The monoisotopic (exact) mass is 267 g/mol. The molecule has 0 saturated heterocycles. The molecule has 3 rings (SSSR count). The van der Waals surface area contributed by atoms with Crippen LogP contribution in [-0.4, -0.2) is 25.8 Å². The van der Waals surface area contributed by atoms with Crippen molar-refractivity contribution in [2.45, 2.75) is 6.42 Å². The highest BCUT2D eigenvalue weighted by Gasteiger charge is 2.05. The summed E-state index contributed by atoms with van der Waals surface area (Å²) in [5, 5.41) is 13.9.